The molecule has 0 bridgehead atoms. The molecule has 0 unspecified atom stereocenters. The van der Waals surface area contributed by atoms with E-state index < -0.39 is 5.97 Å². The quantitative estimate of drug-likeness (QED) is 0.439. The fraction of sp³-hybridized carbons (Fsp3) is 0.500. The molecule has 0 aromatic carbocycles. The van der Waals surface area contributed by atoms with Crippen LogP contribution in [0.1, 0.15) is 13.8 Å². The second-order valence-corrected chi connectivity index (χ2v) is 4.55. The van der Waals surface area contributed by atoms with Crippen molar-refractivity contribution < 1.29 is 4.39 Å². The Morgan fingerprint density at radius 3 is 2.00 bits per heavy atom. The van der Waals surface area contributed by atoms with Gasteiger partial charge in [-0.1, -0.05) is 13.8 Å². The molecule has 4 heteroatoms. The molecule has 0 aromatic rings. The van der Waals surface area contributed by atoms with Crippen molar-refractivity contribution in [2.24, 2.45) is 5.92 Å². The number of hydrogen-bond donors (Lipinski definition) is 2. The largest absolute Gasteiger partial charge is 0.274 e. The van der Waals surface area contributed by atoms with Gasteiger partial charge in [-0.2, -0.15) is 4.39 Å². The molecule has 1 N–H and O–H groups in total. The van der Waals surface area contributed by atoms with E-state index in [2.05, 4.69) is 12.6 Å². The van der Waals surface area contributed by atoms with Crippen LogP contribution in [0, 0.1) is 11.3 Å². The molecule has 0 saturated carbocycles. The van der Waals surface area contributed by atoms with Gasteiger partial charge in [0.15, 0.2) is 0 Å². The maximum absolute atomic E-state index is 12.3. The van der Waals surface area contributed by atoms with Gasteiger partial charge in [-0.15, -0.1) is 12.6 Å². The standard InChI is InChI=1S/C6H9FINS/c1-3(2)4(5(7)9)6(8)10/h3,9-10H,1-2H3/b6-4-,9-5?. The van der Waals surface area contributed by atoms with E-state index in [1.54, 1.807) is 0 Å². The summed E-state index contributed by atoms with van der Waals surface area (Å²) in [6, 6.07) is 0. The highest BCUT2D eigenvalue weighted by Gasteiger charge is 2.11. The summed E-state index contributed by atoms with van der Waals surface area (Å²) in [5.74, 6) is -0.851. The second-order valence-electron chi connectivity index (χ2n) is 2.17. The summed E-state index contributed by atoms with van der Waals surface area (Å²) >= 11 is 5.86. The van der Waals surface area contributed by atoms with Gasteiger partial charge in [-0.25, -0.2) is 0 Å². The third-order valence-electron chi connectivity index (χ3n) is 1.04. The number of allylic oxidation sites excluding steroid dienone is 1. The molecule has 0 spiro atoms. The van der Waals surface area contributed by atoms with Crippen molar-refractivity contribution in [2.75, 3.05) is 0 Å². The number of hydrogen-bond acceptors (Lipinski definition) is 2. The van der Waals surface area contributed by atoms with Crippen LogP contribution in [0.4, 0.5) is 4.39 Å². The average molecular weight is 273 g/mol. The summed E-state index contributed by atoms with van der Waals surface area (Å²) in [5, 5.41) is 6.73. The zero-order valence-corrected chi connectivity index (χ0v) is 8.83. The van der Waals surface area contributed by atoms with Gasteiger partial charge in [-0.3, -0.25) is 5.41 Å². The van der Waals surface area contributed by atoms with E-state index >= 15 is 0 Å². The highest BCUT2D eigenvalue weighted by molar-refractivity contribution is 14.1. The van der Waals surface area contributed by atoms with Crippen molar-refractivity contribution in [2.45, 2.75) is 13.8 Å². The highest BCUT2D eigenvalue weighted by Crippen LogP contribution is 2.24. The summed E-state index contributed by atoms with van der Waals surface area (Å²) in [7, 11) is 0. The SMILES string of the molecule is CC(C)/C(C(=N)F)=C(/S)I. The molecule has 0 aliphatic carbocycles. The molecule has 0 aromatic heterocycles. The fourth-order valence-corrected chi connectivity index (χ4v) is 1.80. The summed E-state index contributed by atoms with van der Waals surface area (Å²) < 4.78 is 12.9. The topological polar surface area (TPSA) is 23.9 Å². The van der Waals surface area contributed by atoms with Gasteiger partial charge in [-0.05, 0) is 28.5 Å². The minimum Gasteiger partial charge on any atom is -0.274 e. The molecule has 0 saturated heterocycles. The molecule has 10 heavy (non-hydrogen) atoms. The molecule has 1 nitrogen and oxygen atoms in total. The van der Waals surface area contributed by atoms with Gasteiger partial charge in [0.1, 0.15) is 0 Å². The minimum atomic E-state index is -0.880. The van der Waals surface area contributed by atoms with Gasteiger partial charge in [0, 0.05) is 5.57 Å². The van der Waals surface area contributed by atoms with Crippen molar-refractivity contribution in [3.63, 3.8) is 0 Å². The van der Waals surface area contributed by atoms with E-state index in [4.69, 9.17) is 5.41 Å². The second kappa shape index (κ2) is 4.33. The molecule has 0 amide bonds. The number of thiol groups is 1. The third-order valence-corrected chi connectivity index (χ3v) is 1.86. The van der Waals surface area contributed by atoms with Gasteiger partial charge in [0.2, 0.25) is 5.97 Å². The lowest BCUT2D eigenvalue weighted by Crippen LogP contribution is -2.02. The van der Waals surface area contributed by atoms with Crippen LogP contribution in [-0.4, -0.2) is 5.97 Å². The molecule has 0 aliphatic heterocycles. The maximum Gasteiger partial charge on any atom is 0.210 e. The van der Waals surface area contributed by atoms with E-state index in [9.17, 15) is 4.39 Å². The van der Waals surface area contributed by atoms with Gasteiger partial charge in [0.25, 0.3) is 0 Å². The van der Waals surface area contributed by atoms with Crippen LogP contribution in [0.25, 0.3) is 0 Å². The molecule has 0 atom stereocenters. The first kappa shape index (κ1) is 10.4. The van der Waals surface area contributed by atoms with Gasteiger partial charge in [0.05, 0.1) is 2.91 Å². The molecular formula is C6H9FINS. The van der Waals surface area contributed by atoms with Crippen LogP contribution in [0.5, 0.6) is 0 Å². The summed E-state index contributed by atoms with van der Waals surface area (Å²) in [6.45, 7) is 3.66. The van der Waals surface area contributed by atoms with Crippen LogP contribution in [0.2, 0.25) is 0 Å². The predicted octanol–water partition coefficient (Wildman–Crippen LogP) is 3.17. The molecule has 0 aliphatic rings. The Balaban J connectivity index is 4.61. The number of nitrogens with one attached hydrogen (secondary N) is 1. The lowest BCUT2D eigenvalue weighted by molar-refractivity contribution is 0.729. The Labute approximate surface area is 79.1 Å². The van der Waals surface area contributed by atoms with Crippen LogP contribution in [-0.2, 0) is 0 Å². The Morgan fingerprint density at radius 2 is 2.00 bits per heavy atom. The molecule has 58 valence electrons. The van der Waals surface area contributed by atoms with E-state index in [1.807, 2.05) is 36.4 Å². The normalized spacial score (nSPS) is 13.4. The van der Waals surface area contributed by atoms with Crippen molar-refractivity contribution >= 4 is 41.2 Å². The molecule has 0 fully saturated rings. The van der Waals surface area contributed by atoms with Crippen LogP contribution in [0.15, 0.2) is 8.48 Å². The zero-order chi connectivity index (χ0) is 8.31. The smallest absolute Gasteiger partial charge is 0.210 e. The fourth-order valence-electron chi connectivity index (χ4n) is 0.582. The lowest BCUT2D eigenvalue weighted by Gasteiger charge is -2.06. The third kappa shape index (κ3) is 3.01. The molecule has 0 radical (unpaired) electrons. The molecule has 0 heterocycles. The van der Waals surface area contributed by atoms with Crippen LogP contribution in [0.3, 0.4) is 0 Å². The van der Waals surface area contributed by atoms with Gasteiger partial charge >= 0.3 is 0 Å². The average Bonchev–Trinajstić information content (AvgIpc) is 1.59. The number of halogens is 2. The highest BCUT2D eigenvalue weighted by atomic mass is 127. The summed E-state index contributed by atoms with van der Waals surface area (Å²) in [5.41, 5.74) is 0.379. The van der Waals surface area contributed by atoms with E-state index in [1.165, 1.54) is 0 Å². The molecule has 0 rings (SSSR count). The Bertz CT molecular complexity index is 173. The first-order valence-electron chi connectivity index (χ1n) is 2.79. The predicted molar refractivity (Wildman–Crippen MR) is 53.7 cm³/mol. The first-order chi connectivity index (χ1) is 4.46. The van der Waals surface area contributed by atoms with Crippen LogP contribution >= 0.6 is 35.2 Å². The zero-order valence-electron chi connectivity index (χ0n) is 5.78. The minimum absolute atomic E-state index is 0.0295. The Hall–Kier alpha value is 0.420. The first-order valence-corrected chi connectivity index (χ1v) is 4.32. The summed E-state index contributed by atoms with van der Waals surface area (Å²) in [4.78, 5) is 0. The Kier molecular flexibility index (Phi) is 4.51. The van der Waals surface area contributed by atoms with Gasteiger partial charge < -0.3 is 0 Å². The summed E-state index contributed by atoms with van der Waals surface area (Å²) in [6.07, 6.45) is 0. The van der Waals surface area contributed by atoms with Crippen molar-refractivity contribution in [3.8, 4) is 0 Å². The van der Waals surface area contributed by atoms with E-state index in [-0.39, 0.29) is 5.92 Å². The number of rotatable bonds is 2. The lowest BCUT2D eigenvalue weighted by atomic mass is 10.1. The van der Waals surface area contributed by atoms with Crippen LogP contribution < -0.4 is 0 Å². The van der Waals surface area contributed by atoms with Crippen molar-refractivity contribution in [3.05, 3.63) is 8.48 Å². The van der Waals surface area contributed by atoms with Crippen molar-refractivity contribution in [1.29, 1.82) is 5.41 Å². The van der Waals surface area contributed by atoms with E-state index in [0.717, 1.165) is 0 Å². The Morgan fingerprint density at radius 1 is 1.60 bits per heavy atom. The monoisotopic (exact) mass is 273 g/mol. The van der Waals surface area contributed by atoms with Crippen molar-refractivity contribution in [1.82, 2.24) is 0 Å². The van der Waals surface area contributed by atoms with E-state index in [0.29, 0.717) is 8.48 Å². The maximum atomic E-state index is 12.3. The molecular weight excluding hydrogens is 264 g/mol.